The van der Waals surface area contributed by atoms with E-state index in [1.807, 2.05) is 0 Å². The molecular formula is C9H18O6Si. The maximum absolute atomic E-state index is 10.3. The fourth-order valence-corrected chi connectivity index (χ4v) is 2.89. The molecule has 6 nitrogen and oxygen atoms in total. The summed E-state index contributed by atoms with van der Waals surface area (Å²) in [7, 11) is 0.184. The van der Waals surface area contributed by atoms with Gasteiger partial charge in [0.05, 0.1) is 13.2 Å². The molecule has 0 bridgehead atoms. The van der Waals surface area contributed by atoms with E-state index in [4.69, 9.17) is 22.8 Å². The molecule has 1 aliphatic rings. The average molecular weight is 250 g/mol. The molecule has 7 heteroatoms. The Hall–Kier alpha value is -0.473. The summed E-state index contributed by atoms with van der Waals surface area (Å²) in [6.07, 6.45) is 1.01. The van der Waals surface area contributed by atoms with Crippen LogP contribution < -0.4 is 0 Å². The second-order valence-electron chi connectivity index (χ2n) is 3.44. The molecule has 0 aromatic carbocycles. The Labute approximate surface area is 96.1 Å². The van der Waals surface area contributed by atoms with Gasteiger partial charge in [-0.25, -0.2) is 0 Å². The van der Waals surface area contributed by atoms with Crippen LogP contribution in [-0.4, -0.2) is 55.4 Å². The monoisotopic (exact) mass is 250 g/mol. The summed E-state index contributed by atoms with van der Waals surface area (Å²) < 4.78 is 25.6. The zero-order valence-corrected chi connectivity index (χ0v) is 10.6. The quantitative estimate of drug-likeness (QED) is 0.239. The lowest BCUT2D eigenvalue weighted by molar-refractivity contribution is -0.124. The van der Waals surface area contributed by atoms with Gasteiger partial charge >= 0.3 is 8.80 Å². The zero-order valence-electron chi connectivity index (χ0n) is 9.64. The maximum atomic E-state index is 10.3. The largest absolute Gasteiger partial charge is 0.567 e. The highest BCUT2D eigenvalue weighted by Gasteiger charge is 2.40. The van der Waals surface area contributed by atoms with Crippen LogP contribution in [0.5, 0.6) is 0 Å². The highest BCUT2D eigenvalue weighted by molar-refractivity contribution is 6.61. The lowest BCUT2D eigenvalue weighted by Gasteiger charge is -2.23. The van der Waals surface area contributed by atoms with Gasteiger partial charge in [0.2, 0.25) is 0 Å². The molecular weight excluding hydrogens is 232 g/mol. The molecule has 0 spiro atoms. The van der Waals surface area contributed by atoms with Gasteiger partial charge < -0.3 is 22.8 Å². The Bertz CT molecular complexity index is 204. The van der Waals surface area contributed by atoms with Gasteiger partial charge in [-0.3, -0.25) is 4.79 Å². The molecule has 0 aromatic heterocycles. The van der Waals surface area contributed by atoms with Crippen molar-refractivity contribution in [2.45, 2.75) is 18.6 Å². The summed E-state index contributed by atoms with van der Waals surface area (Å²) in [5, 5.41) is 0. The normalized spacial score (nSPS) is 19.5. The molecule has 1 aliphatic heterocycles. The molecule has 1 atom stereocenters. The minimum absolute atomic E-state index is 0.276. The van der Waals surface area contributed by atoms with Crippen LogP contribution in [0.25, 0.3) is 0 Å². The number of carbonyl (C=O) groups excluding carboxylic acids is 1. The summed E-state index contributed by atoms with van der Waals surface area (Å²) in [6.45, 7) is 2.38. The molecule has 0 aromatic rings. The van der Waals surface area contributed by atoms with Crippen molar-refractivity contribution in [2.75, 3.05) is 34.0 Å². The lowest BCUT2D eigenvalue weighted by Crippen LogP contribution is -2.43. The second-order valence-corrected chi connectivity index (χ2v) is 6.36. The Kier molecular flexibility index (Phi) is 5.92. The first-order chi connectivity index (χ1) is 7.76. The summed E-state index contributed by atoms with van der Waals surface area (Å²) >= 11 is 0. The Morgan fingerprint density at radius 1 is 1.44 bits per heavy atom. The number of rotatable bonds is 10. The number of carbonyl (C=O) groups is 1. The third-order valence-corrected chi connectivity index (χ3v) is 4.99. The lowest BCUT2D eigenvalue weighted by atomic mass is 10.5. The molecule has 1 fully saturated rings. The van der Waals surface area contributed by atoms with Crippen LogP contribution in [0.2, 0.25) is 6.04 Å². The molecule has 0 radical (unpaired) electrons. The van der Waals surface area contributed by atoms with Gasteiger partial charge in [-0.05, 0) is 6.42 Å². The highest BCUT2D eigenvalue weighted by Crippen LogP contribution is 2.15. The second kappa shape index (κ2) is 6.97. The van der Waals surface area contributed by atoms with E-state index < -0.39 is 8.80 Å². The van der Waals surface area contributed by atoms with Crippen molar-refractivity contribution in [3.63, 3.8) is 0 Å². The Morgan fingerprint density at radius 2 is 2.12 bits per heavy atom. The molecule has 0 amide bonds. The summed E-state index contributed by atoms with van der Waals surface area (Å²) in [5.41, 5.74) is 0. The van der Waals surface area contributed by atoms with Crippen molar-refractivity contribution < 1.29 is 27.5 Å². The molecule has 16 heavy (non-hydrogen) atoms. The van der Waals surface area contributed by atoms with E-state index in [0.29, 0.717) is 25.7 Å². The first kappa shape index (κ1) is 13.6. The molecule has 0 saturated carbocycles. The van der Waals surface area contributed by atoms with Crippen LogP contribution in [0, 0.1) is 0 Å². The number of ether oxygens (including phenoxy) is 2. The minimum Gasteiger partial charge on any atom is -0.476 e. The molecule has 94 valence electrons. The van der Waals surface area contributed by atoms with Gasteiger partial charge in [-0.2, -0.15) is 0 Å². The number of epoxide rings is 1. The highest BCUT2D eigenvalue weighted by atomic mass is 28.4. The molecule has 1 rings (SSSR count). The van der Waals surface area contributed by atoms with E-state index in [1.165, 1.54) is 14.2 Å². The van der Waals surface area contributed by atoms with Crippen molar-refractivity contribution in [3.8, 4) is 0 Å². The Balaban J connectivity index is 2.11. The van der Waals surface area contributed by atoms with Gasteiger partial charge in [0.25, 0.3) is 6.47 Å². The molecule has 1 heterocycles. The summed E-state index contributed by atoms with van der Waals surface area (Å²) in [4.78, 5) is 10.3. The fourth-order valence-electron chi connectivity index (χ4n) is 1.29. The van der Waals surface area contributed by atoms with Crippen LogP contribution in [0.3, 0.4) is 0 Å². The van der Waals surface area contributed by atoms with E-state index in [-0.39, 0.29) is 6.10 Å². The third kappa shape index (κ3) is 4.58. The van der Waals surface area contributed by atoms with Gasteiger partial charge in [0, 0.05) is 26.9 Å². The van der Waals surface area contributed by atoms with Crippen molar-refractivity contribution in [1.29, 1.82) is 0 Å². The number of hydrogen-bond acceptors (Lipinski definition) is 6. The smallest absolute Gasteiger partial charge is 0.476 e. The van der Waals surface area contributed by atoms with E-state index in [1.54, 1.807) is 0 Å². The van der Waals surface area contributed by atoms with Crippen molar-refractivity contribution >= 4 is 15.3 Å². The standard InChI is InChI=1S/C9H18O6Si/c1-11-16(12-2,15-8-10)5-3-4-13-6-9-7-14-9/h8-9H,3-7H2,1-2H3. The van der Waals surface area contributed by atoms with Crippen LogP contribution in [0.4, 0.5) is 0 Å². The fraction of sp³-hybridized carbons (Fsp3) is 0.889. The van der Waals surface area contributed by atoms with Crippen molar-refractivity contribution in [3.05, 3.63) is 0 Å². The van der Waals surface area contributed by atoms with Crippen LogP contribution >= 0.6 is 0 Å². The average Bonchev–Trinajstić information content (AvgIpc) is 3.11. The van der Waals surface area contributed by atoms with Crippen molar-refractivity contribution in [2.24, 2.45) is 0 Å². The SMILES string of the molecule is CO[Si](CCCOCC1CO1)(OC)OC=O. The molecule has 0 N–H and O–H groups in total. The maximum Gasteiger partial charge on any atom is 0.567 e. The first-order valence-corrected chi connectivity index (χ1v) is 7.10. The van der Waals surface area contributed by atoms with Gasteiger partial charge in [-0.15, -0.1) is 0 Å². The zero-order chi connectivity index (χ0) is 11.9. The van der Waals surface area contributed by atoms with Gasteiger partial charge in [0.1, 0.15) is 6.10 Å². The molecule has 0 aliphatic carbocycles. The third-order valence-electron chi connectivity index (χ3n) is 2.33. The van der Waals surface area contributed by atoms with E-state index >= 15 is 0 Å². The Morgan fingerprint density at radius 3 is 2.62 bits per heavy atom. The van der Waals surface area contributed by atoms with Gasteiger partial charge in [0.15, 0.2) is 0 Å². The molecule has 1 unspecified atom stereocenters. The first-order valence-electron chi connectivity index (χ1n) is 5.17. The van der Waals surface area contributed by atoms with E-state index in [9.17, 15) is 4.79 Å². The summed E-state index contributed by atoms with van der Waals surface area (Å²) in [5.74, 6) is 0. The van der Waals surface area contributed by atoms with Gasteiger partial charge in [-0.1, -0.05) is 0 Å². The van der Waals surface area contributed by atoms with Crippen LogP contribution in [0.15, 0.2) is 0 Å². The predicted molar refractivity (Wildman–Crippen MR) is 56.9 cm³/mol. The summed E-state index contributed by atoms with van der Waals surface area (Å²) in [6, 6.07) is 0.560. The predicted octanol–water partition coefficient (Wildman–Crippen LogP) is 0.197. The minimum atomic E-state index is -2.78. The molecule has 1 saturated heterocycles. The van der Waals surface area contributed by atoms with Crippen LogP contribution in [-0.2, 0) is 27.5 Å². The van der Waals surface area contributed by atoms with E-state index in [0.717, 1.165) is 13.0 Å². The number of hydrogen-bond donors (Lipinski definition) is 0. The van der Waals surface area contributed by atoms with E-state index in [2.05, 4.69) is 0 Å². The topological polar surface area (TPSA) is 66.5 Å². The van der Waals surface area contributed by atoms with Crippen molar-refractivity contribution in [1.82, 2.24) is 0 Å². The van der Waals surface area contributed by atoms with Crippen LogP contribution in [0.1, 0.15) is 6.42 Å².